The van der Waals surface area contributed by atoms with Crippen molar-refractivity contribution in [2.75, 3.05) is 31.0 Å². The van der Waals surface area contributed by atoms with Crippen LogP contribution in [0, 0.1) is 5.41 Å². The zero-order valence-electron chi connectivity index (χ0n) is 18.5. The summed E-state index contributed by atoms with van der Waals surface area (Å²) in [6.45, 7) is 8.67. The highest BCUT2D eigenvalue weighted by Gasteiger charge is 2.53. The van der Waals surface area contributed by atoms with Gasteiger partial charge in [-0.25, -0.2) is 4.67 Å². The highest BCUT2D eigenvalue weighted by atomic mass is 31.2. The van der Waals surface area contributed by atoms with E-state index in [1.165, 1.54) is 31.4 Å². The first kappa shape index (κ1) is 20.3. The van der Waals surface area contributed by atoms with E-state index in [4.69, 9.17) is 5.10 Å². The lowest BCUT2D eigenvalue weighted by Crippen LogP contribution is -2.35. The lowest BCUT2D eigenvalue weighted by molar-refractivity contribution is 0.303. The molecule has 1 aliphatic carbocycles. The Bertz CT molecular complexity index is 893. The molecule has 3 aliphatic heterocycles. The van der Waals surface area contributed by atoms with Gasteiger partial charge in [0.1, 0.15) is 0 Å². The Hall–Kier alpha value is -1.58. The number of anilines is 1. The number of hydrogen-bond donors (Lipinski definition) is 0. The zero-order valence-corrected chi connectivity index (χ0v) is 19.4. The van der Waals surface area contributed by atoms with Crippen molar-refractivity contribution >= 4 is 18.8 Å². The molecule has 30 heavy (non-hydrogen) atoms. The Morgan fingerprint density at radius 2 is 1.50 bits per heavy atom. The van der Waals surface area contributed by atoms with Crippen LogP contribution in [-0.4, -0.2) is 41.5 Å². The number of hydrazone groups is 1. The summed E-state index contributed by atoms with van der Waals surface area (Å²) in [5.74, 6) is 0. The molecule has 1 aromatic carbocycles. The molecule has 0 unspecified atom stereocenters. The molecule has 6 heteroatoms. The van der Waals surface area contributed by atoms with Crippen molar-refractivity contribution in [1.29, 1.82) is 0 Å². The van der Waals surface area contributed by atoms with Crippen molar-refractivity contribution in [3.63, 3.8) is 0 Å². The summed E-state index contributed by atoms with van der Waals surface area (Å²) < 4.78 is 19.5. The largest absolute Gasteiger partial charge is 0.374 e. The standard InChI is InChI=1S/C24H35N4OP/c1-24(2)18-21-23(22(19-24)26-14-10-11-15-26)30(29,27-16-8-3-4-9-17-27)28(25-21)20-12-6-5-7-13-20/h5-7,12-13H,3-4,8-11,14-19H2,1-2H3/t30-/m0/s1. The van der Waals surface area contributed by atoms with E-state index < -0.39 is 7.44 Å². The third kappa shape index (κ3) is 3.44. The molecule has 0 radical (unpaired) electrons. The molecule has 4 aliphatic rings. The van der Waals surface area contributed by atoms with Gasteiger partial charge in [-0.3, -0.25) is 4.57 Å². The Labute approximate surface area is 181 Å². The van der Waals surface area contributed by atoms with Crippen molar-refractivity contribution in [2.24, 2.45) is 10.5 Å². The Balaban J connectivity index is 1.69. The molecule has 162 valence electrons. The monoisotopic (exact) mass is 426 g/mol. The average molecular weight is 427 g/mol. The van der Waals surface area contributed by atoms with Crippen molar-refractivity contribution < 1.29 is 4.57 Å². The van der Waals surface area contributed by atoms with E-state index in [0.717, 1.165) is 68.6 Å². The Morgan fingerprint density at radius 1 is 0.867 bits per heavy atom. The fourth-order valence-electron chi connectivity index (χ4n) is 5.60. The first-order chi connectivity index (χ1) is 14.5. The van der Waals surface area contributed by atoms with Crippen LogP contribution in [0.3, 0.4) is 0 Å². The SMILES string of the molecule is CC1(C)CC2=NN(c3ccccc3)[P@@](=O)(N3CCCCCC3)C2=C(N2CCCC2)C1. The van der Waals surface area contributed by atoms with E-state index in [0.29, 0.717) is 0 Å². The molecule has 2 fully saturated rings. The van der Waals surface area contributed by atoms with E-state index in [1.807, 2.05) is 23.0 Å². The summed E-state index contributed by atoms with van der Waals surface area (Å²) in [5, 5.41) is 6.21. The second kappa shape index (κ2) is 7.84. The van der Waals surface area contributed by atoms with E-state index in [-0.39, 0.29) is 5.41 Å². The van der Waals surface area contributed by atoms with E-state index >= 15 is 4.57 Å². The minimum Gasteiger partial charge on any atom is -0.374 e. The highest BCUT2D eigenvalue weighted by molar-refractivity contribution is 7.69. The lowest BCUT2D eigenvalue weighted by atomic mass is 9.78. The molecule has 1 atom stereocenters. The van der Waals surface area contributed by atoms with Crippen molar-refractivity contribution in [2.45, 2.75) is 65.2 Å². The quantitative estimate of drug-likeness (QED) is 0.551. The number of allylic oxidation sites excluding steroid dienone is 2. The molecule has 5 rings (SSSR count). The van der Waals surface area contributed by atoms with Crippen LogP contribution in [0.25, 0.3) is 0 Å². The Kier molecular flexibility index (Phi) is 5.31. The molecule has 0 saturated carbocycles. The molecular formula is C24H35N4OP. The van der Waals surface area contributed by atoms with Crippen molar-refractivity contribution in [3.8, 4) is 0 Å². The van der Waals surface area contributed by atoms with Crippen molar-refractivity contribution in [1.82, 2.24) is 9.57 Å². The number of likely N-dealkylation sites (tertiary alicyclic amines) is 1. The van der Waals surface area contributed by atoms with Gasteiger partial charge < -0.3 is 4.90 Å². The zero-order chi connectivity index (χ0) is 20.8. The highest BCUT2D eigenvalue weighted by Crippen LogP contribution is 2.69. The van der Waals surface area contributed by atoms with Gasteiger partial charge in [0, 0.05) is 31.9 Å². The smallest absolute Gasteiger partial charge is 0.292 e. The number of fused-ring (bicyclic) bond motifs is 1. The third-order valence-electron chi connectivity index (χ3n) is 7.04. The molecule has 2 saturated heterocycles. The number of para-hydroxylation sites is 1. The lowest BCUT2D eigenvalue weighted by Gasteiger charge is -2.40. The van der Waals surface area contributed by atoms with Gasteiger partial charge in [0.05, 0.1) is 16.7 Å². The maximum atomic E-state index is 15.2. The van der Waals surface area contributed by atoms with Gasteiger partial charge in [-0.15, -0.1) is 0 Å². The van der Waals surface area contributed by atoms with Gasteiger partial charge in [-0.2, -0.15) is 9.88 Å². The van der Waals surface area contributed by atoms with Gasteiger partial charge in [-0.1, -0.05) is 44.9 Å². The first-order valence-corrected chi connectivity index (χ1v) is 13.4. The predicted octanol–water partition coefficient (Wildman–Crippen LogP) is 6.06. The first-order valence-electron chi connectivity index (χ1n) is 11.8. The molecule has 0 bridgehead atoms. The van der Waals surface area contributed by atoms with Crippen LogP contribution in [0.15, 0.2) is 46.4 Å². The molecule has 0 aromatic heterocycles. The normalized spacial score (nSPS) is 29.7. The second-order valence-electron chi connectivity index (χ2n) is 10.1. The van der Waals surface area contributed by atoms with Crippen LogP contribution >= 0.6 is 7.44 Å². The van der Waals surface area contributed by atoms with Gasteiger partial charge in [-0.05, 0) is 56.1 Å². The van der Waals surface area contributed by atoms with E-state index in [2.05, 4.69) is 35.6 Å². The molecular weight excluding hydrogens is 391 g/mol. The number of benzene rings is 1. The molecule has 5 nitrogen and oxygen atoms in total. The predicted molar refractivity (Wildman–Crippen MR) is 125 cm³/mol. The molecule has 1 aromatic rings. The fraction of sp³-hybridized carbons (Fsp3) is 0.625. The average Bonchev–Trinajstić information content (AvgIpc) is 3.26. The number of nitrogens with zero attached hydrogens (tertiary/aromatic N) is 4. The summed E-state index contributed by atoms with van der Waals surface area (Å²) in [6.07, 6.45) is 9.10. The van der Waals surface area contributed by atoms with Crippen LogP contribution in [0.4, 0.5) is 5.69 Å². The third-order valence-corrected chi connectivity index (χ3v) is 10.1. The number of rotatable bonds is 3. The van der Waals surface area contributed by atoms with Gasteiger partial charge in [0.2, 0.25) is 0 Å². The van der Waals surface area contributed by atoms with Crippen LogP contribution in [-0.2, 0) is 4.57 Å². The minimum absolute atomic E-state index is 0.149. The van der Waals surface area contributed by atoms with E-state index in [9.17, 15) is 0 Å². The topological polar surface area (TPSA) is 39.2 Å². The molecule has 0 amide bonds. The maximum absolute atomic E-state index is 15.2. The van der Waals surface area contributed by atoms with Crippen LogP contribution in [0.2, 0.25) is 0 Å². The summed E-state index contributed by atoms with van der Waals surface area (Å²) in [4.78, 5) is 2.53. The molecule has 0 spiro atoms. The maximum Gasteiger partial charge on any atom is 0.292 e. The molecule has 3 heterocycles. The molecule has 0 N–H and O–H groups in total. The van der Waals surface area contributed by atoms with Crippen LogP contribution in [0.5, 0.6) is 0 Å². The van der Waals surface area contributed by atoms with Crippen LogP contribution < -0.4 is 4.78 Å². The van der Waals surface area contributed by atoms with Gasteiger partial charge >= 0.3 is 0 Å². The summed E-state index contributed by atoms with van der Waals surface area (Å²) in [5.41, 5.74) is 3.51. The van der Waals surface area contributed by atoms with E-state index in [1.54, 1.807) is 0 Å². The minimum atomic E-state index is -3.00. The fourth-order valence-corrected chi connectivity index (χ4v) is 8.83. The van der Waals surface area contributed by atoms with Gasteiger partial charge in [0.25, 0.3) is 7.44 Å². The summed E-state index contributed by atoms with van der Waals surface area (Å²) in [6, 6.07) is 10.2. The Morgan fingerprint density at radius 3 is 2.17 bits per heavy atom. The summed E-state index contributed by atoms with van der Waals surface area (Å²) >= 11 is 0. The van der Waals surface area contributed by atoms with Gasteiger partial charge in [0.15, 0.2) is 0 Å². The number of hydrogen-bond acceptors (Lipinski definition) is 3. The van der Waals surface area contributed by atoms with Crippen LogP contribution in [0.1, 0.15) is 65.2 Å². The second-order valence-corrected chi connectivity index (χ2v) is 12.6. The van der Waals surface area contributed by atoms with Crippen molar-refractivity contribution in [3.05, 3.63) is 41.3 Å². The summed E-state index contributed by atoms with van der Waals surface area (Å²) in [7, 11) is -3.00.